The Morgan fingerprint density at radius 2 is 2.29 bits per heavy atom. The number of aliphatic hydroxyl groups is 1. The molecule has 0 spiro atoms. The van der Waals surface area contributed by atoms with Crippen LogP contribution in [-0.4, -0.2) is 35.8 Å². The SMILES string of the molecule is Cl.OC1CNCC1CNCc1cncc(F)c1. The van der Waals surface area contributed by atoms with E-state index in [0.29, 0.717) is 13.1 Å². The van der Waals surface area contributed by atoms with Gasteiger partial charge in [-0.2, -0.15) is 0 Å². The summed E-state index contributed by atoms with van der Waals surface area (Å²) in [6, 6.07) is 1.46. The van der Waals surface area contributed by atoms with E-state index in [9.17, 15) is 9.50 Å². The quantitative estimate of drug-likeness (QED) is 0.730. The standard InChI is InChI=1S/C11H16FN3O.ClH/c12-10-1-8(3-14-6-10)2-13-4-9-5-15-7-11(9)16;/h1,3,6,9,11,13,15-16H,2,4-5,7H2;1H. The summed E-state index contributed by atoms with van der Waals surface area (Å²) >= 11 is 0. The Labute approximate surface area is 106 Å². The van der Waals surface area contributed by atoms with Gasteiger partial charge in [0.05, 0.1) is 12.3 Å². The fourth-order valence-electron chi connectivity index (χ4n) is 1.88. The minimum Gasteiger partial charge on any atom is -0.391 e. The lowest BCUT2D eigenvalue weighted by Crippen LogP contribution is -2.30. The number of halogens is 2. The lowest BCUT2D eigenvalue weighted by atomic mass is 10.1. The van der Waals surface area contributed by atoms with Crippen molar-refractivity contribution in [3.05, 3.63) is 29.8 Å². The first kappa shape index (κ1) is 14.3. The molecule has 4 nitrogen and oxygen atoms in total. The van der Waals surface area contributed by atoms with Crippen LogP contribution in [0, 0.1) is 11.7 Å². The van der Waals surface area contributed by atoms with E-state index in [1.54, 1.807) is 6.20 Å². The topological polar surface area (TPSA) is 57.2 Å². The smallest absolute Gasteiger partial charge is 0.141 e. The van der Waals surface area contributed by atoms with E-state index in [1.807, 2.05) is 0 Å². The molecule has 2 atom stereocenters. The molecule has 1 aromatic heterocycles. The van der Waals surface area contributed by atoms with Crippen molar-refractivity contribution < 1.29 is 9.50 Å². The summed E-state index contributed by atoms with van der Waals surface area (Å²) < 4.78 is 12.8. The lowest BCUT2D eigenvalue weighted by molar-refractivity contribution is 0.146. The zero-order chi connectivity index (χ0) is 11.4. The molecule has 2 heterocycles. The number of nitrogens with zero attached hydrogens (tertiary/aromatic N) is 1. The van der Waals surface area contributed by atoms with E-state index in [1.165, 1.54) is 12.3 Å². The van der Waals surface area contributed by atoms with Gasteiger partial charge < -0.3 is 15.7 Å². The summed E-state index contributed by atoms with van der Waals surface area (Å²) in [4.78, 5) is 3.77. The van der Waals surface area contributed by atoms with Crippen LogP contribution in [0.5, 0.6) is 0 Å². The molecule has 6 heteroatoms. The monoisotopic (exact) mass is 261 g/mol. The Morgan fingerprint density at radius 3 is 2.94 bits per heavy atom. The van der Waals surface area contributed by atoms with Gasteiger partial charge >= 0.3 is 0 Å². The van der Waals surface area contributed by atoms with E-state index >= 15 is 0 Å². The number of hydrogen-bond acceptors (Lipinski definition) is 4. The molecule has 96 valence electrons. The van der Waals surface area contributed by atoms with E-state index in [4.69, 9.17) is 0 Å². The molecule has 0 bridgehead atoms. The van der Waals surface area contributed by atoms with Crippen molar-refractivity contribution in [2.24, 2.45) is 5.92 Å². The van der Waals surface area contributed by atoms with Crippen molar-refractivity contribution in [1.29, 1.82) is 0 Å². The summed E-state index contributed by atoms with van der Waals surface area (Å²) in [5.41, 5.74) is 0.820. The van der Waals surface area contributed by atoms with E-state index in [2.05, 4.69) is 15.6 Å². The number of rotatable bonds is 4. The third-order valence-electron chi connectivity index (χ3n) is 2.80. The van der Waals surface area contributed by atoms with Crippen LogP contribution in [0.25, 0.3) is 0 Å². The number of nitrogens with one attached hydrogen (secondary N) is 2. The molecule has 0 amide bonds. The average Bonchev–Trinajstić information content (AvgIpc) is 2.65. The molecular weight excluding hydrogens is 245 g/mol. The third kappa shape index (κ3) is 4.20. The molecule has 0 aromatic carbocycles. The highest BCUT2D eigenvalue weighted by atomic mass is 35.5. The van der Waals surface area contributed by atoms with Gasteiger partial charge in [-0.05, 0) is 11.6 Å². The molecule has 0 radical (unpaired) electrons. The Kier molecular flexibility index (Phi) is 5.77. The van der Waals surface area contributed by atoms with Crippen molar-refractivity contribution in [2.75, 3.05) is 19.6 Å². The second kappa shape index (κ2) is 6.86. The van der Waals surface area contributed by atoms with Gasteiger partial charge in [0.15, 0.2) is 0 Å². The fraction of sp³-hybridized carbons (Fsp3) is 0.545. The molecule has 0 saturated carbocycles. The molecule has 1 aromatic rings. The van der Waals surface area contributed by atoms with Gasteiger partial charge in [0.1, 0.15) is 5.82 Å². The van der Waals surface area contributed by atoms with Gasteiger partial charge in [0.25, 0.3) is 0 Å². The summed E-state index contributed by atoms with van der Waals surface area (Å²) in [5.74, 6) is -0.0802. The zero-order valence-electron chi connectivity index (χ0n) is 9.40. The van der Waals surface area contributed by atoms with Crippen molar-refractivity contribution in [3.63, 3.8) is 0 Å². The van der Waals surface area contributed by atoms with Gasteiger partial charge in [-0.1, -0.05) is 0 Å². The highest BCUT2D eigenvalue weighted by molar-refractivity contribution is 5.85. The van der Waals surface area contributed by atoms with Crippen molar-refractivity contribution in [2.45, 2.75) is 12.6 Å². The zero-order valence-corrected chi connectivity index (χ0v) is 10.2. The van der Waals surface area contributed by atoms with Crippen LogP contribution in [0.4, 0.5) is 4.39 Å². The largest absolute Gasteiger partial charge is 0.391 e. The highest BCUT2D eigenvalue weighted by Crippen LogP contribution is 2.07. The summed E-state index contributed by atoms with van der Waals surface area (Å²) in [6.07, 6.45) is 2.55. The predicted molar refractivity (Wildman–Crippen MR) is 65.5 cm³/mol. The maximum absolute atomic E-state index is 12.8. The van der Waals surface area contributed by atoms with E-state index in [0.717, 1.165) is 18.7 Å². The van der Waals surface area contributed by atoms with Crippen molar-refractivity contribution in [1.82, 2.24) is 15.6 Å². The summed E-state index contributed by atoms with van der Waals surface area (Å²) in [7, 11) is 0. The van der Waals surface area contributed by atoms with E-state index in [-0.39, 0.29) is 30.2 Å². The maximum Gasteiger partial charge on any atom is 0.141 e. The number of pyridine rings is 1. The molecule has 1 aliphatic heterocycles. The number of hydrogen-bond donors (Lipinski definition) is 3. The molecule has 0 aliphatic carbocycles. The number of aromatic nitrogens is 1. The van der Waals surface area contributed by atoms with Gasteiger partial charge in [-0.15, -0.1) is 12.4 Å². The summed E-state index contributed by atoms with van der Waals surface area (Å²) in [5, 5.41) is 15.9. The highest BCUT2D eigenvalue weighted by Gasteiger charge is 2.23. The van der Waals surface area contributed by atoms with Crippen LogP contribution in [0.15, 0.2) is 18.5 Å². The lowest BCUT2D eigenvalue weighted by Gasteiger charge is -2.13. The van der Waals surface area contributed by atoms with Gasteiger partial charge in [0.2, 0.25) is 0 Å². The molecule has 1 fully saturated rings. The van der Waals surface area contributed by atoms with E-state index < -0.39 is 0 Å². The molecule has 2 rings (SSSR count). The first-order valence-electron chi connectivity index (χ1n) is 5.44. The Balaban J connectivity index is 0.00000144. The summed E-state index contributed by atoms with van der Waals surface area (Å²) in [6.45, 7) is 2.79. The minimum absolute atomic E-state index is 0. The van der Waals surface area contributed by atoms with Crippen molar-refractivity contribution >= 4 is 12.4 Å². The Hall–Kier alpha value is -0.750. The van der Waals surface area contributed by atoms with Crippen LogP contribution < -0.4 is 10.6 Å². The third-order valence-corrected chi connectivity index (χ3v) is 2.80. The Morgan fingerprint density at radius 1 is 1.47 bits per heavy atom. The van der Waals surface area contributed by atoms with Crippen molar-refractivity contribution in [3.8, 4) is 0 Å². The average molecular weight is 262 g/mol. The molecule has 17 heavy (non-hydrogen) atoms. The molecule has 1 saturated heterocycles. The molecule has 2 unspecified atom stereocenters. The Bertz CT molecular complexity index is 353. The van der Waals surface area contributed by atoms with Gasteiger partial charge in [-0.25, -0.2) is 4.39 Å². The molecular formula is C11H17ClFN3O. The number of β-amino-alcohol motifs (C(OH)–C–C–N with tert-alkyl or cyclic N) is 1. The van der Waals surface area contributed by atoms with Crippen LogP contribution >= 0.6 is 12.4 Å². The molecule has 1 aliphatic rings. The second-order valence-corrected chi connectivity index (χ2v) is 4.13. The minimum atomic E-state index is -0.318. The fourth-order valence-corrected chi connectivity index (χ4v) is 1.88. The first-order valence-corrected chi connectivity index (χ1v) is 5.44. The predicted octanol–water partition coefficient (Wildman–Crippen LogP) is 0.312. The van der Waals surface area contributed by atoms with Crippen LogP contribution in [0.3, 0.4) is 0 Å². The second-order valence-electron chi connectivity index (χ2n) is 4.13. The normalized spacial score (nSPS) is 23.4. The van der Waals surface area contributed by atoms with Crippen LogP contribution in [0.1, 0.15) is 5.56 Å². The first-order chi connectivity index (χ1) is 7.75. The van der Waals surface area contributed by atoms with Crippen LogP contribution in [-0.2, 0) is 6.54 Å². The number of aliphatic hydroxyl groups excluding tert-OH is 1. The van der Waals surface area contributed by atoms with Gasteiger partial charge in [-0.3, -0.25) is 4.98 Å². The maximum atomic E-state index is 12.8. The van der Waals surface area contributed by atoms with Crippen LogP contribution in [0.2, 0.25) is 0 Å². The molecule has 3 N–H and O–H groups in total. The van der Waals surface area contributed by atoms with Gasteiger partial charge in [0, 0.05) is 38.3 Å².